The molecule has 0 spiro atoms. The van der Waals surface area contributed by atoms with Gasteiger partial charge in [0.15, 0.2) is 17.5 Å². The van der Waals surface area contributed by atoms with Gasteiger partial charge in [-0.3, -0.25) is 0 Å². The zero-order valence-electron chi connectivity index (χ0n) is 10.4. The molecular formula is C14H10BrClF3N. The zero-order chi connectivity index (χ0) is 14.9. The SMILES string of the molecule is CNC(c1ccc(Cl)cc1Br)c1ccc(F)c(F)c1F. The van der Waals surface area contributed by atoms with Crippen molar-refractivity contribution in [3.63, 3.8) is 0 Å². The van der Waals surface area contributed by atoms with Crippen molar-refractivity contribution in [1.29, 1.82) is 0 Å². The Labute approximate surface area is 127 Å². The molecule has 0 amide bonds. The number of halogens is 5. The maximum Gasteiger partial charge on any atom is 0.194 e. The second kappa shape index (κ2) is 6.16. The molecule has 2 rings (SSSR count). The fraction of sp³-hybridized carbons (Fsp3) is 0.143. The van der Waals surface area contributed by atoms with Crippen molar-refractivity contribution >= 4 is 27.5 Å². The second-order valence-corrected chi connectivity index (χ2v) is 5.44. The fourth-order valence-corrected chi connectivity index (χ4v) is 2.89. The van der Waals surface area contributed by atoms with Crippen LogP contribution in [0.2, 0.25) is 5.02 Å². The first-order chi connectivity index (χ1) is 9.45. The van der Waals surface area contributed by atoms with Crippen LogP contribution < -0.4 is 5.32 Å². The molecule has 0 fully saturated rings. The minimum Gasteiger partial charge on any atom is -0.309 e. The molecule has 20 heavy (non-hydrogen) atoms. The second-order valence-electron chi connectivity index (χ2n) is 4.15. The standard InChI is InChI=1S/C14H10BrClF3N/c1-20-14(8-3-2-7(16)6-10(8)15)9-4-5-11(17)13(19)12(9)18/h2-6,14,20H,1H3. The van der Waals surface area contributed by atoms with E-state index in [0.29, 0.717) is 15.1 Å². The lowest BCUT2D eigenvalue weighted by molar-refractivity contribution is 0.435. The zero-order valence-corrected chi connectivity index (χ0v) is 12.7. The summed E-state index contributed by atoms with van der Waals surface area (Å²) in [5.74, 6) is -3.89. The first-order valence-corrected chi connectivity index (χ1v) is 6.88. The molecule has 1 atom stereocenters. The normalized spacial score (nSPS) is 12.5. The summed E-state index contributed by atoms with van der Waals surface area (Å²) in [6, 6.07) is 6.48. The monoisotopic (exact) mass is 363 g/mol. The summed E-state index contributed by atoms with van der Waals surface area (Å²) in [6.45, 7) is 0. The molecule has 6 heteroatoms. The molecule has 0 aromatic heterocycles. The molecule has 0 radical (unpaired) electrons. The van der Waals surface area contributed by atoms with Crippen molar-refractivity contribution < 1.29 is 13.2 Å². The minimum atomic E-state index is -1.48. The highest BCUT2D eigenvalue weighted by Crippen LogP contribution is 2.32. The van der Waals surface area contributed by atoms with Crippen LogP contribution in [-0.2, 0) is 0 Å². The summed E-state index contributed by atoms with van der Waals surface area (Å²) in [4.78, 5) is 0. The molecule has 0 saturated heterocycles. The van der Waals surface area contributed by atoms with Gasteiger partial charge in [-0.05, 0) is 30.8 Å². The first kappa shape index (κ1) is 15.4. The van der Waals surface area contributed by atoms with Crippen LogP contribution in [0.25, 0.3) is 0 Å². The van der Waals surface area contributed by atoms with Crippen LogP contribution in [0, 0.1) is 17.5 Å². The van der Waals surface area contributed by atoms with E-state index in [9.17, 15) is 13.2 Å². The topological polar surface area (TPSA) is 12.0 Å². The Morgan fingerprint density at radius 2 is 1.70 bits per heavy atom. The van der Waals surface area contributed by atoms with E-state index in [4.69, 9.17) is 11.6 Å². The Balaban J connectivity index is 2.55. The summed E-state index contributed by atoms with van der Waals surface area (Å²) in [5, 5.41) is 3.40. The Hall–Kier alpha value is -1.04. The summed E-state index contributed by atoms with van der Waals surface area (Å²) in [6.07, 6.45) is 0. The number of hydrogen-bond donors (Lipinski definition) is 1. The third kappa shape index (κ3) is 2.85. The van der Waals surface area contributed by atoms with Crippen LogP contribution in [0.4, 0.5) is 13.2 Å². The van der Waals surface area contributed by atoms with E-state index < -0.39 is 23.5 Å². The third-order valence-corrected chi connectivity index (χ3v) is 3.86. The van der Waals surface area contributed by atoms with Crippen LogP contribution >= 0.6 is 27.5 Å². The van der Waals surface area contributed by atoms with Crippen molar-refractivity contribution in [3.8, 4) is 0 Å². The van der Waals surface area contributed by atoms with E-state index in [2.05, 4.69) is 21.2 Å². The van der Waals surface area contributed by atoms with Crippen molar-refractivity contribution in [2.45, 2.75) is 6.04 Å². The number of hydrogen-bond acceptors (Lipinski definition) is 1. The number of rotatable bonds is 3. The molecule has 2 aromatic rings. The third-order valence-electron chi connectivity index (χ3n) is 2.94. The summed E-state index contributed by atoms with van der Waals surface area (Å²) in [5.41, 5.74) is 0.691. The lowest BCUT2D eigenvalue weighted by Gasteiger charge is -2.19. The average molecular weight is 365 g/mol. The van der Waals surface area contributed by atoms with Crippen molar-refractivity contribution in [3.05, 3.63) is 68.4 Å². The van der Waals surface area contributed by atoms with Gasteiger partial charge < -0.3 is 5.32 Å². The van der Waals surface area contributed by atoms with Crippen molar-refractivity contribution in [1.82, 2.24) is 5.32 Å². The summed E-state index contributed by atoms with van der Waals surface area (Å²) in [7, 11) is 1.60. The maximum absolute atomic E-state index is 13.9. The molecule has 1 N–H and O–H groups in total. The largest absolute Gasteiger partial charge is 0.309 e. The summed E-state index contributed by atoms with van der Waals surface area (Å²) >= 11 is 9.18. The van der Waals surface area contributed by atoms with Gasteiger partial charge in [-0.2, -0.15) is 0 Å². The van der Waals surface area contributed by atoms with Gasteiger partial charge in [0, 0.05) is 15.1 Å². The van der Waals surface area contributed by atoms with Gasteiger partial charge in [0.25, 0.3) is 0 Å². The van der Waals surface area contributed by atoms with Crippen molar-refractivity contribution in [2.24, 2.45) is 0 Å². The highest BCUT2D eigenvalue weighted by atomic mass is 79.9. The van der Waals surface area contributed by atoms with Crippen LogP contribution in [0.15, 0.2) is 34.8 Å². The predicted molar refractivity (Wildman–Crippen MR) is 76.4 cm³/mol. The molecule has 0 aliphatic carbocycles. The average Bonchev–Trinajstić information content (AvgIpc) is 2.41. The molecule has 0 heterocycles. The van der Waals surface area contributed by atoms with E-state index >= 15 is 0 Å². The highest BCUT2D eigenvalue weighted by Gasteiger charge is 2.22. The summed E-state index contributed by atoms with van der Waals surface area (Å²) < 4.78 is 40.9. The van der Waals surface area contributed by atoms with Gasteiger partial charge in [-0.25, -0.2) is 13.2 Å². The molecule has 1 unspecified atom stereocenters. The quantitative estimate of drug-likeness (QED) is 0.769. The maximum atomic E-state index is 13.9. The van der Waals surface area contributed by atoms with Crippen LogP contribution in [-0.4, -0.2) is 7.05 Å². The lowest BCUT2D eigenvalue weighted by atomic mass is 9.98. The van der Waals surface area contributed by atoms with E-state index in [1.807, 2.05) is 0 Å². The molecule has 2 aromatic carbocycles. The van der Waals surface area contributed by atoms with Crippen LogP contribution in [0.1, 0.15) is 17.2 Å². The minimum absolute atomic E-state index is 0.0226. The highest BCUT2D eigenvalue weighted by molar-refractivity contribution is 9.10. The van der Waals surface area contributed by atoms with Crippen molar-refractivity contribution in [2.75, 3.05) is 7.05 Å². The Kier molecular flexibility index (Phi) is 4.73. The molecule has 106 valence electrons. The first-order valence-electron chi connectivity index (χ1n) is 5.71. The molecule has 0 bridgehead atoms. The van der Waals surface area contributed by atoms with E-state index in [0.717, 1.165) is 6.07 Å². The number of benzene rings is 2. The van der Waals surface area contributed by atoms with Gasteiger partial charge >= 0.3 is 0 Å². The van der Waals surface area contributed by atoms with Gasteiger partial charge in [-0.1, -0.05) is 39.7 Å². The lowest BCUT2D eigenvalue weighted by Crippen LogP contribution is -2.20. The molecule has 1 nitrogen and oxygen atoms in total. The van der Waals surface area contributed by atoms with E-state index in [-0.39, 0.29) is 5.56 Å². The smallest absolute Gasteiger partial charge is 0.194 e. The Morgan fingerprint density at radius 3 is 2.30 bits per heavy atom. The van der Waals surface area contributed by atoms with Gasteiger partial charge in [0.05, 0.1) is 6.04 Å². The molecule has 0 aliphatic rings. The van der Waals surface area contributed by atoms with Gasteiger partial charge in [0.1, 0.15) is 0 Å². The molecular weight excluding hydrogens is 355 g/mol. The Bertz CT molecular complexity index is 649. The Morgan fingerprint density at radius 1 is 1.05 bits per heavy atom. The fourth-order valence-electron chi connectivity index (χ4n) is 1.98. The van der Waals surface area contributed by atoms with E-state index in [1.54, 1.807) is 25.2 Å². The van der Waals surface area contributed by atoms with Gasteiger partial charge in [-0.15, -0.1) is 0 Å². The number of nitrogens with one attached hydrogen (secondary N) is 1. The van der Waals surface area contributed by atoms with Crippen LogP contribution in [0.3, 0.4) is 0 Å². The van der Waals surface area contributed by atoms with Gasteiger partial charge in [0.2, 0.25) is 0 Å². The van der Waals surface area contributed by atoms with E-state index in [1.165, 1.54) is 6.07 Å². The predicted octanol–water partition coefficient (Wildman–Crippen LogP) is 4.83. The van der Waals surface area contributed by atoms with Crippen LogP contribution in [0.5, 0.6) is 0 Å². The molecule has 0 aliphatic heterocycles. The molecule has 0 saturated carbocycles.